The van der Waals surface area contributed by atoms with E-state index in [1.807, 2.05) is 71.6 Å². The number of hydrogen-bond donors (Lipinski definition) is 2. The van der Waals surface area contributed by atoms with Crippen LogP contribution in [0.4, 0.5) is 0 Å². The Morgan fingerprint density at radius 1 is 0.967 bits per heavy atom. The number of aliphatic hydroxyl groups excluding tert-OH is 1. The lowest BCUT2D eigenvalue weighted by atomic mass is 9.94. The second-order valence-electron chi connectivity index (χ2n) is 7.94. The van der Waals surface area contributed by atoms with Crippen LogP contribution in [0.1, 0.15) is 38.8 Å². The lowest BCUT2D eigenvalue weighted by molar-refractivity contribution is 0.0566. The summed E-state index contributed by atoms with van der Waals surface area (Å²) in [5, 5.41) is 11.5. The maximum absolute atomic E-state index is 13.5. The zero-order chi connectivity index (χ0) is 20.7. The Balaban J connectivity index is 1.67. The fraction of sp³-hybridized carbons (Fsp3) is 0.192. The highest BCUT2D eigenvalue weighted by molar-refractivity contribution is 6.01. The summed E-state index contributed by atoms with van der Waals surface area (Å²) in [5.74, 6) is -0.0183. The molecule has 0 bridgehead atoms. The van der Waals surface area contributed by atoms with Crippen molar-refractivity contribution >= 4 is 16.8 Å². The molecule has 3 aromatic carbocycles. The number of fused-ring (bicyclic) bond motifs is 2. The Morgan fingerprint density at radius 3 is 2.47 bits per heavy atom. The quantitative estimate of drug-likeness (QED) is 0.517. The number of carbonyl (C=O) groups excluding carboxylic acids is 1. The summed E-state index contributed by atoms with van der Waals surface area (Å²) in [5.41, 5.74) is 6.04. The highest BCUT2D eigenvalue weighted by Gasteiger charge is 2.42. The Kier molecular flexibility index (Phi) is 4.64. The van der Waals surface area contributed by atoms with E-state index in [4.69, 9.17) is 0 Å². The predicted octanol–water partition coefficient (Wildman–Crippen LogP) is 4.63. The molecule has 1 aliphatic rings. The fourth-order valence-electron chi connectivity index (χ4n) is 4.80. The zero-order valence-corrected chi connectivity index (χ0v) is 16.9. The fourth-order valence-corrected chi connectivity index (χ4v) is 4.80. The summed E-state index contributed by atoms with van der Waals surface area (Å²) in [6.45, 7) is 1.97. The number of aromatic amines is 1. The van der Waals surface area contributed by atoms with Crippen LogP contribution >= 0.6 is 0 Å². The Labute approximate surface area is 175 Å². The van der Waals surface area contributed by atoms with Gasteiger partial charge in [0.1, 0.15) is 0 Å². The third-order valence-corrected chi connectivity index (χ3v) is 6.13. The number of amides is 1. The second-order valence-corrected chi connectivity index (χ2v) is 7.94. The van der Waals surface area contributed by atoms with Gasteiger partial charge in [-0.25, -0.2) is 0 Å². The number of para-hydroxylation sites is 1. The SMILES string of the molecule is Cc1[nH]c2ccccc2c1C1c2ccccc2C(=O)N1C(CO)Cc1ccccc1. The third kappa shape index (κ3) is 2.92. The van der Waals surface area contributed by atoms with Crippen LogP contribution in [0.5, 0.6) is 0 Å². The summed E-state index contributed by atoms with van der Waals surface area (Å²) >= 11 is 0. The number of nitrogens with zero attached hydrogens (tertiary/aromatic N) is 1. The standard InChI is InChI=1S/C26H24N2O2/c1-17-24(22-13-7-8-14-23(22)27-17)25-20-11-5-6-12-21(20)26(30)28(25)19(16-29)15-18-9-3-2-4-10-18/h2-14,19,25,27,29H,15-16H2,1H3. The second kappa shape index (κ2) is 7.47. The van der Waals surface area contributed by atoms with E-state index in [0.29, 0.717) is 6.42 Å². The van der Waals surface area contributed by atoms with E-state index in [1.165, 1.54) is 0 Å². The molecule has 0 radical (unpaired) electrons. The number of aliphatic hydroxyl groups is 1. The minimum absolute atomic E-state index is 0.0183. The van der Waals surface area contributed by atoms with Crippen molar-refractivity contribution in [3.8, 4) is 0 Å². The van der Waals surface area contributed by atoms with E-state index in [9.17, 15) is 9.90 Å². The van der Waals surface area contributed by atoms with E-state index in [-0.39, 0.29) is 24.6 Å². The molecule has 4 heteroatoms. The average molecular weight is 396 g/mol. The Bertz CT molecular complexity index is 1210. The summed E-state index contributed by atoms with van der Waals surface area (Å²) in [6, 6.07) is 25.5. The molecule has 1 aliphatic heterocycles. The zero-order valence-electron chi connectivity index (χ0n) is 16.9. The molecule has 1 aromatic heterocycles. The molecule has 0 saturated heterocycles. The van der Waals surface area contributed by atoms with Gasteiger partial charge in [-0.05, 0) is 36.6 Å². The van der Waals surface area contributed by atoms with Gasteiger partial charge in [0.05, 0.1) is 18.7 Å². The summed E-state index contributed by atoms with van der Waals surface area (Å²) in [7, 11) is 0. The lowest BCUT2D eigenvalue weighted by Gasteiger charge is -2.33. The normalized spacial score (nSPS) is 16.8. The molecule has 1 amide bonds. The average Bonchev–Trinajstić information content (AvgIpc) is 3.26. The van der Waals surface area contributed by atoms with Gasteiger partial charge < -0.3 is 15.0 Å². The first kappa shape index (κ1) is 18.6. The molecule has 4 nitrogen and oxygen atoms in total. The van der Waals surface area contributed by atoms with Crippen molar-refractivity contribution in [3.63, 3.8) is 0 Å². The smallest absolute Gasteiger partial charge is 0.255 e. The van der Waals surface area contributed by atoms with E-state index in [1.54, 1.807) is 0 Å². The number of carbonyl (C=O) groups is 1. The largest absolute Gasteiger partial charge is 0.394 e. The van der Waals surface area contributed by atoms with Crippen LogP contribution in [0.2, 0.25) is 0 Å². The minimum atomic E-state index is -0.314. The van der Waals surface area contributed by atoms with E-state index in [2.05, 4.69) is 24.0 Å². The maximum Gasteiger partial charge on any atom is 0.255 e. The van der Waals surface area contributed by atoms with Crippen LogP contribution < -0.4 is 0 Å². The van der Waals surface area contributed by atoms with Gasteiger partial charge in [0.15, 0.2) is 0 Å². The van der Waals surface area contributed by atoms with Crippen molar-refractivity contribution in [2.75, 3.05) is 6.61 Å². The topological polar surface area (TPSA) is 56.3 Å². The monoisotopic (exact) mass is 396 g/mol. The van der Waals surface area contributed by atoms with Gasteiger partial charge in [0.2, 0.25) is 0 Å². The summed E-state index contributed by atoms with van der Waals surface area (Å²) < 4.78 is 0. The first-order chi connectivity index (χ1) is 14.7. The molecule has 5 rings (SSSR count). The molecular weight excluding hydrogens is 372 g/mol. The molecule has 2 unspecified atom stereocenters. The van der Waals surface area contributed by atoms with Crippen molar-refractivity contribution in [2.24, 2.45) is 0 Å². The number of nitrogens with one attached hydrogen (secondary N) is 1. The summed E-state index contributed by atoms with van der Waals surface area (Å²) in [6.07, 6.45) is 0.606. The summed E-state index contributed by atoms with van der Waals surface area (Å²) in [4.78, 5) is 18.9. The van der Waals surface area contributed by atoms with Gasteiger partial charge in [-0.1, -0.05) is 66.7 Å². The molecule has 0 fully saturated rings. The van der Waals surface area contributed by atoms with Crippen LogP contribution in [0, 0.1) is 6.92 Å². The van der Waals surface area contributed by atoms with Crippen LogP contribution in [-0.4, -0.2) is 33.5 Å². The van der Waals surface area contributed by atoms with Crippen LogP contribution in [0.15, 0.2) is 78.9 Å². The van der Waals surface area contributed by atoms with E-state index < -0.39 is 0 Å². The number of aromatic nitrogens is 1. The Hall–Kier alpha value is -3.37. The minimum Gasteiger partial charge on any atom is -0.394 e. The molecule has 2 N–H and O–H groups in total. The molecule has 2 heterocycles. The molecular formula is C26H24N2O2. The third-order valence-electron chi connectivity index (χ3n) is 6.13. The van der Waals surface area contributed by atoms with Gasteiger partial charge in [-0.2, -0.15) is 0 Å². The van der Waals surface area contributed by atoms with E-state index in [0.717, 1.165) is 38.9 Å². The van der Waals surface area contributed by atoms with Crippen molar-refractivity contribution in [3.05, 3.63) is 107 Å². The van der Waals surface area contributed by atoms with Crippen LogP contribution in [0.25, 0.3) is 10.9 Å². The van der Waals surface area contributed by atoms with Crippen LogP contribution in [-0.2, 0) is 6.42 Å². The maximum atomic E-state index is 13.5. The van der Waals surface area contributed by atoms with Gasteiger partial charge >= 0.3 is 0 Å². The van der Waals surface area contributed by atoms with Gasteiger partial charge in [0, 0.05) is 27.7 Å². The first-order valence-electron chi connectivity index (χ1n) is 10.3. The van der Waals surface area contributed by atoms with Gasteiger partial charge in [-0.3, -0.25) is 4.79 Å². The van der Waals surface area contributed by atoms with Crippen molar-refractivity contribution in [1.29, 1.82) is 0 Å². The number of rotatable bonds is 5. The predicted molar refractivity (Wildman–Crippen MR) is 119 cm³/mol. The molecule has 30 heavy (non-hydrogen) atoms. The van der Waals surface area contributed by atoms with Crippen LogP contribution in [0.3, 0.4) is 0 Å². The lowest BCUT2D eigenvalue weighted by Crippen LogP contribution is -2.42. The molecule has 2 atom stereocenters. The van der Waals surface area contributed by atoms with Gasteiger partial charge in [-0.15, -0.1) is 0 Å². The number of aryl methyl sites for hydroxylation is 1. The number of benzene rings is 3. The molecule has 4 aromatic rings. The molecule has 150 valence electrons. The highest BCUT2D eigenvalue weighted by Crippen LogP contribution is 2.44. The van der Waals surface area contributed by atoms with Crippen molar-refractivity contribution in [1.82, 2.24) is 9.88 Å². The molecule has 0 saturated carbocycles. The van der Waals surface area contributed by atoms with Crippen molar-refractivity contribution < 1.29 is 9.90 Å². The molecule has 0 aliphatic carbocycles. The Morgan fingerprint density at radius 2 is 1.67 bits per heavy atom. The van der Waals surface area contributed by atoms with E-state index >= 15 is 0 Å². The van der Waals surface area contributed by atoms with Gasteiger partial charge in [0.25, 0.3) is 5.91 Å². The first-order valence-corrected chi connectivity index (χ1v) is 10.3. The highest BCUT2D eigenvalue weighted by atomic mass is 16.3. The molecule has 0 spiro atoms. The number of hydrogen-bond acceptors (Lipinski definition) is 2. The number of H-pyrrole nitrogens is 1. The van der Waals surface area contributed by atoms with Crippen molar-refractivity contribution in [2.45, 2.75) is 25.4 Å².